The highest BCUT2D eigenvalue weighted by molar-refractivity contribution is 5.90. The summed E-state index contributed by atoms with van der Waals surface area (Å²) in [5.41, 5.74) is 6.91. The number of fused-ring (bicyclic) bond motifs is 5. The van der Waals surface area contributed by atoms with Gasteiger partial charge in [-0.25, -0.2) is 9.78 Å². The summed E-state index contributed by atoms with van der Waals surface area (Å²) in [5, 5.41) is 9.52. The molecule has 1 amide bonds. The molecule has 8 nitrogen and oxygen atoms in total. The largest absolute Gasteiger partial charge is 0.444 e. The monoisotopic (exact) mass is 504 g/mol. The van der Waals surface area contributed by atoms with Gasteiger partial charge >= 0.3 is 6.09 Å². The van der Waals surface area contributed by atoms with E-state index in [1.165, 1.54) is 22.3 Å². The minimum absolute atomic E-state index is 0.101. The molecule has 3 aromatic rings. The third-order valence-corrected chi connectivity index (χ3v) is 8.96. The van der Waals surface area contributed by atoms with Crippen molar-refractivity contribution in [3.05, 3.63) is 41.0 Å². The molecule has 0 unspecified atom stereocenters. The fraction of sp³-hybridized carbons (Fsp3) is 0.621. The molecule has 8 heteroatoms. The van der Waals surface area contributed by atoms with Crippen LogP contribution in [-0.2, 0) is 24.2 Å². The van der Waals surface area contributed by atoms with Crippen LogP contribution in [0.4, 0.5) is 10.5 Å². The number of rotatable bonds is 4. The second-order valence-electron chi connectivity index (χ2n) is 12.8. The number of nitrogens with zero attached hydrogens (tertiary/aromatic N) is 4. The first-order chi connectivity index (χ1) is 17.5. The van der Waals surface area contributed by atoms with Gasteiger partial charge in [0.05, 0.1) is 5.69 Å². The molecule has 0 spiro atoms. The van der Waals surface area contributed by atoms with Crippen molar-refractivity contribution in [2.75, 3.05) is 11.4 Å². The molecule has 4 aliphatic rings. The third kappa shape index (κ3) is 4.48. The number of nitrogens with one attached hydrogen (secondary N) is 2. The van der Waals surface area contributed by atoms with Gasteiger partial charge < -0.3 is 19.9 Å². The maximum atomic E-state index is 12.5. The molecule has 0 saturated heterocycles. The average Bonchev–Trinajstić information content (AvgIpc) is 3.42. The molecule has 0 radical (unpaired) electrons. The molecule has 3 aliphatic carbocycles. The van der Waals surface area contributed by atoms with E-state index in [2.05, 4.69) is 50.8 Å². The van der Waals surface area contributed by atoms with Crippen LogP contribution in [0.5, 0.6) is 0 Å². The second kappa shape index (κ2) is 8.50. The third-order valence-electron chi connectivity index (χ3n) is 8.96. The fourth-order valence-electron chi connectivity index (χ4n) is 6.93. The van der Waals surface area contributed by atoms with Gasteiger partial charge in [-0.1, -0.05) is 0 Å². The summed E-state index contributed by atoms with van der Waals surface area (Å²) in [6, 6.07) is 4.34. The number of alkyl carbamates (subject to hydrolysis) is 1. The Hall–Kier alpha value is -3.03. The highest BCUT2D eigenvalue weighted by Gasteiger charge is 2.50. The molecule has 198 valence electrons. The standard InChI is InChI=1S/C29H40N6O2/c1-19-16-24(21-6-14-30-25(21)31-19)34-15-7-23-22(17-34)20(2)33-35(23)18-28-8-11-29(12-9-28,13-10-28)32-26(36)37-27(3,4)5/h6,14,16H,7-13,15,17-18H2,1-5H3,(H,30,31)(H,32,36). The van der Waals surface area contributed by atoms with Crippen molar-refractivity contribution in [1.82, 2.24) is 25.1 Å². The molecular formula is C29H40N6O2. The molecule has 7 rings (SSSR count). The zero-order valence-electron chi connectivity index (χ0n) is 22.9. The lowest BCUT2D eigenvalue weighted by Gasteiger charge is -2.53. The van der Waals surface area contributed by atoms with Gasteiger partial charge in [-0.15, -0.1) is 0 Å². The van der Waals surface area contributed by atoms with E-state index in [-0.39, 0.29) is 17.0 Å². The molecule has 2 bridgehead atoms. The molecule has 37 heavy (non-hydrogen) atoms. The number of carbonyl (C=O) groups is 1. The van der Waals surface area contributed by atoms with Crippen LogP contribution in [0.25, 0.3) is 11.0 Å². The van der Waals surface area contributed by atoms with Gasteiger partial charge in [0.25, 0.3) is 0 Å². The predicted octanol–water partition coefficient (Wildman–Crippen LogP) is 5.56. The Kier molecular flexibility index (Phi) is 5.58. The van der Waals surface area contributed by atoms with E-state index in [1.54, 1.807) is 0 Å². The van der Waals surface area contributed by atoms with Gasteiger partial charge in [-0.05, 0) is 90.7 Å². The van der Waals surface area contributed by atoms with E-state index in [0.29, 0.717) is 0 Å². The van der Waals surface area contributed by atoms with Crippen LogP contribution in [0.2, 0.25) is 0 Å². The van der Waals surface area contributed by atoms with Gasteiger partial charge in [0.2, 0.25) is 0 Å². The highest BCUT2D eigenvalue weighted by atomic mass is 16.6. The highest BCUT2D eigenvalue weighted by Crippen LogP contribution is 2.53. The lowest BCUT2D eigenvalue weighted by Crippen LogP contribution is -2.58. The summed E-state index contributed by atoms with van der Waals surface area (Å²) in [6.07, 6.45) is 9.17. The predicted molar refractivity (Wildman–Crippen MR) is 145 cm³/mol. The molecule has 3 aromatic heterocycles. The minimum Gasteiger partial charge on any atom is -0.444 e. The van der Waals surface area contributed by atoms with Crippen molar-refractivity contribution in [1.29, 1.82) is 0 Å². The van der Waals surface area contributed by atoms with Crippen molar-refractivity contribution in [2.24, 2.45) is 5.41 Å². The number of aryl methyl sites for hydroxylation is 2. The van der Waals surface area contributed by atoms with Gasteiger partial charge in [0.1, 0.15) is 11.2 Å². The van der Waals surface area contributed by atoms with Crippen molar-refractivity contribution >= 4 is 22.8 Å². The summed E-state index contributed by atoms with van der Waals surface area (Å²) in [5.74, 6) is 0. The number of hydrogen-bond acceptors (Lipinski definition) is 5. The number of hydrogen-bond donors (Lipinski definition) is 2. The van der Waals surface area contributed by atoms with Gasteiger partial charge in [0, 0.05) is 65.8 Å². The summed E-state index contributed by atoms with van der Waals surface area (Å²) in [7, 11) is 0. The number of H-pyrrole nitrogens is 1. The molecular weight excluding hydrogens is 464 g/mol. The molecule has 0 atom stereocenters. The lowest BCUT2D eigenvalue weighted by atomic mass is 9.57. The van der Waals surface area contributed by atoms with Crippen LogP contribution < -0.4 is 10.2 Å². The van der Waals surface area contributed by atoms with Crippen LogP contribution in [0.15, 0.2) is 18.3 Å². The van der Waals surface area contributed by atoms with E-state index in [1.807, 2.05) is 27.0 Å². The number of pyridine rings is 1. The van der Waals surface area contributed by atoms with E-state index in [4.69, 9.17) is 9.84 Å². The zero-order chi connectivity index (χ0) is 26.0. The first-order valence-corrected chi connectivity index (χ1v) is 13.8. The van der Waals surface area contributed by atoms with Crippen LogP contribution in [0.1, 0.15) is 81.9 Å². The summed E-state index contributed by atoms with van der Waals surface area (Å²) in [4.78, 5) is 22.9. The van der Waals surface area contributed by atoms with E-state index >= 15 is 0 Å². The SMILES string of the molecule is Cc1cc(N2CCc3c(c(C)nn3CC34CCC(NC(=O)OC(C)(C)C)(CC3)CC4)C2)c2cc[nH]c2n1. The van der Waals surface area contributed by atoms with Crippen molar-refractivity contribution < 1.29 is 9.53 Å². The lowest BCUT2D eigenvalue weighted by molar-refractivity contribution is -0.00519. The number of ether oxygens (including phenoxy) is 1. The van der Waals surface area contributed by atoms with Crippen LogP contribution in [0, 0.1) is 19.3 Å². The van der Waals surface area contributed by atoms with Crippen molar-refractivity contribution in [3.63, 3.8) is 0 Å². The number of amides is 1. The Balaban J connectivity index is 1.16. The van der Waals surface area contributed by atoms with Gasteiger partial charge in [-0.3, -0.25) is 4.68 Å². The summed E-state index contributed by atoms with van der Waals surface area (Å²) in [6.45, 7) is 12.8. The van der Waals surface area contributed by atoms with Crippen LogP contribution in [0.3, 0.4) is 0 Å². The average molecular weight is 505 g/mol. The Morgan fingerprint density at radius 1 is 1.16 bits per heavy atom. The Morgan fingerprint density at radius 3 is 2.59 bits per heavy atom. The van der Waals surface area contributed by atoms with Crippen LogP contribution >= 0.6 is 0 Å². The smallest absolute Gasteiger partial charge is 0.408 e. The number of anilines is 1. The first-order valence-electron chi connectivity index (χ1n) is 13.8. The zero-order valence-corrected chi connectivity index (χ0v) is 22.9. The first kappa shape index (κ1) is 24.3. The second-order valence-corrected chi connectivity index (χ2v) is 12.8. The summed E-state index contributed by atoms with van der Waals surface area (Å²) < 4.78 is 7.90. The van der Waals surface area contributed by atoms with E-state index in [9.17, 15) is 4.79 Å². The normalized spacial score (nSPS) is 25.4. The molecule has 4 heterocycles. The van der Waals surface area contributed by atoms with E-state index in [0.717, 1.165) is 81.6 Å². The summed E-state index contributed by atoms with van der Waals surface area (Å²) >= 11 is 0. The Bertz CT molecular complexity index is 1320. The number of aromatic nitrogens is 4. The molecule has 3 saturated carbocycles. The maximum Gasteiger partial charge on any atom is 0.408 e. The van der Waals surface area contributed by atoms with Gasteiger partial charge in [-0.2, -0.15) is 5.10 Å². The molecule has 0 aromatic carbocycles. The molecule has 2 N–H and O–H groups in total. The van der Waals surface area contributed by atoms with Gasteiger partial charge in [0.15, 0.2) is 0 Å². The number of aromatic amines is 1. The molecule has 1 aliphatic heterocycles. The van der Waals surface area contributed by atoms with Crippen molar-refractivity contribution in [2.45, 2.75) is 104 Å². The fourth-order valence-corrected chi connectivity index (χ4v) is 6.93. The maximum absolute atomic E-state index is 12.5. The Morgan fingerprint density at radius 2 is 1.89 bits per heavy atom. The Labute approximate surface area is 219 Å². The minimum atomic E-state index is -0.468. The van der Waals surface area contributed by atoms with Crippen molar-refractivity contribution in [3.8, 4) is 0 Å². The molecule has 3 fully saturated rings. The number of carbonyl (C=O) groups excluding carboxylic acids is 1. The van der Waals surface area contributed by atoms with Crippen LogP contribution in [-0.4, -0.2) is 43.5 Å². The topological polar surface area (TPSA) is 88.1 Å². The van der Waals surface area contributed by atoms with E-state index < -0.39 is 5.60 Å². The quantitative estimate of drug-likeness (QED) is 0.486.